The first-order valence-electron chi connectivity index (χ1n) is 6.40. The van der Waals surface area contributed by atoms with Crippen LogP contribution in [0.2, 0.25) is 5.02 Å². The van der Waals surface area contributed by atoms with E-state index in [1.54, 1.807) is 19.9 Å². The maximum Gasteiger partial charge on any atom is 0.270 e. The van der Waals surface area contributed by atoms with Crippen molar-refractivity contribution in [1.82, 2.24) is 20.9 Å². The van der Waals surface area contributed by atoms with Crippen molar-refractivity contribution in [3.05, 3.63) is 29.0 Å². The van der Waals surface area contributed by atoms with Crippen molar-refractivity contribution in [1.29, 1.82) is 0 Å². The summed E-state index contributed by atoms with van der Waals surface area (Å²) in [6, 6.07) is 2.27. The Balaban J connectivity index is 2.42. The van der Waals surface area contributed by atoms with E-state index in [-0.39, 0.29) is 18.1 Å². The minimum Gasteiger partial charge on any atom is -0.355 e. The lowest BCUT2D eigenvalue weighted by Gasteiger charge is -2.13. The van der Waals surface area contributed by atoms with Gasteiger partial charge in [0.15, 0.2) is 0 Å². The molecule has 0 aromatic carbocycles. The molecule has 0 saturated carbocycles. The minimum absolute atomic E-state index is 0.118. The second kappa shape index (κ2) is 8.21. The Kier molecular flexibility index (Phi) is 6.61. The van der Waals surface area contributed by atoms with Gasteiger partial charge in [0.1, 0.15) is 11.7 Å². The van der Waals surface area contributed by atoms with E-state index in [1.165, 1.54) is 12.3 Å². The van der Waals surface area contributed by atoms with Crippen molar-refractivity contribution in [3.8, 4) is 0 Å². The summed E-state index contributed by atoms with van der Waals surface area (Å²) in [5.41, 5.74) is 0.118. The van der Waals surface area contributed by atoms with Gasteiger partial charge in [0, 0.05) is 17.8 Å². The first-order chi connectivity index (χ1) is 9.93. The third-order valence-corrected chi connectivity index (χ3v) is 2.72. The van der Waals surface area contributed by atoms with E-state index < -0.39 is 17.9 Å². The molecular weight excluding hydrogens is 296 g/mol. The number of carbonyl (C=O) groups excluding carboxylic acids is 3. The Morgan fingerprint density at radius 3 is 2.67 bits per heavy atom. The second-order valence-corrected chi connectivity index (χ2v) is 4.66. The fourth-order valence-corrected chi connectivity index (χ4v) is 1.63. The highest BCUT2D eigenvalue weighted by Crippen LogP contribution is 2.07. The molecule has 1 atom stereocenters. The molecule has 3 N–H and O–H groups in total. The summed E-state index contributed by atoms with van der Waals surface area (Å²) < 4.78 is 0. The second-order valence-electron chi connectivity index (χ2n) is 4.23. The van der Waals surface area contributed by atoms with Crippen molar-refractivity contribution < 1.29 is 14.4 Å². The van der Waals surface area contributed by atoms with Crippen molar-refractivity contribution in [2.45, 2.75) is 19.9 Å². The van der Waals surface area contributed by atoms with Gasteiger partial charge in [0.25, 0.3) is 5.91 Å². The van der Waals surface area contributed by atoms with Gasteiger partial charge in [-0.1, -0.05) is 11.6 Å². The summed E-state index contributed by atoms with van der Waals surface area (Å²) in [6.07, 6.45) is 1.40. The van der Waals surface area contributed by atoms with Crippen LogP contribution in [0.5, 0.6) is 0 Å². The molecule has 0 aliphatic heterocycles. The molecule has 114 valence electrons. The number of aromatic nitrogens is 1. The van der Waals surface area contributed by atoms with Gasteiger partial charge in [-0.15, -0.1) is 0 Å². The number of hydrogen-bond donors (Lipinski definition) is 3. The van der Waals surface area contributed by atoms with Crippen LogP contribution in [0.4, 0.5) is 0 Å². The van der Waals surface area contributed by atoms with Crippen LogP contribution < -0.4 is 16.0 Å². The van der Waals surface area contributed by atoms with Crippen molar-refractivity contribution in [2.75, 3.05) is 13.1 Å². The zero-order chi connectivity index (χ0) is 15.8. The molecule has 1 heterocycles. The van der Waals surface area contributed by atoms with E-state index in [1.807, 2.05) is 0 Å². The zero-order valence-electron chi connectivity index (χ0n) is 11.8. The lowest BCUT2D eigenvalue weighted by atomic mass is 10.3. The summed E-state index contributed by atoms with van der Waals surface area (Å²) in [5.74, 6) is -1.27. The normalized spacial score (nSPS) is 11.4. The van der Waals surface area contributed by atoms with E-state index in [9.17, 15) is 14.4 Å². The highest BCUT2D eigenvalue weighted by molar-refractivity contribution is 6.30. The zero-order valence-corrected chi connectivity index (χ0v) is 12.5. The number of rotatable bonds is 6. The third kappa shape index (κ3) is 5.78. The topological polar surface area (TPSA) is 100 Å². The van der Waals surface area contributed by atoms with Gasteiger partial charge in [-0.25, -0.2) is 0 Å². The SMILES string of the molecule is CCNC(=O)[C@H](C)NC(=O)CNC(=O)c1cc(Cl)ccn1. The molecule has 0 radical (unpaired) electrons. The summed E-state index contributed by atoms with van der Waals surface area (Å²) in [7, 11) is 0. The minimum atomic E-state index is -0.668. The molecule has 8 heteroatoms. The summed E-state index contributed by atoms with van der Waals surface area (Å²) in [5, 5.41) is 7.83. The molecule has 0 aliphatic carbocycles. The monoisotopic (exact) mass is 312 g/mol. The first-order valence-corrected chi connectivity index (χ1v) is 6.78. The van der Waals surface area contributed by atoms with Gasteiger partial charge < -0.3 is 16.0 Å². The smallest absolute Gasteiger partial charge is 0.270 e. The van der Waals surface area contributed by atoms with Gasteiger partial charge >= 0.3 is 0 Å². The van der Waals surface area contributed by atoms with Crippen LogP contribution in [0, 0.1) is 0 Å². The molecule has 0 saturated heterocycles. The molecule has 1 aromatic heterocycles. The van der Waals surface area contributed by atoms with Crippen LogP contribution in [0.25, 0.3) is 0 Å². The molecular formula is C13H17ClN4O3. The van der Waals surface area contributed by atoms with Crippen molar-refractivity contribution >= 4 is 29.3 Å². The Hall–Kier alpha value is -2.15. The quantitative estimate of drug-likeness (QED) is 0.694. The van der Waals surface area contributed by atoms with Gasteiger partial charge in [-0.05, 0) is 26.0 Å². The predicted molar refractivity (Wildman–Crippen MR) is 77.9 cm³/mol. The lowest BCUT2D eigenvalue weighted by molar-refractivity contribution is -0.128. The van der Waals surface area contributed by atoms with Gasteiger partial charge in [0.2, 0.25) is 11.8 Å². The van der Waals surface area contributed by atoms with E-state index in [0.29, 0.717) is 11.6 Å². The molecule has 3 amide bonds. The average Bonchev–Trinajstić information content (AvgIpc) is 2.45. The number of nitrogens with one attached hydrogen (secondary N) is 3. The third-order valence-electron chi connectivity index (χ3n) is 2.49. The number of likely N-dealkylation sites (N-methyl/N-ethyl adjacent to an activating group) is 1. The largest absolute Gasteiger partial charge is 0.355 e. The van der Waals surface area contributed by atoms with E-state index >= 15 is 0 Å². The van der Waals surface area contributed by atoms with Crippen LogP contribution in [0.1, 0.15) is 24.3 Å². The molecule has 7 nitrogen and oxygen atoms in total. The van der Waals surface area contributed by atoms with Crippen LogP contribution in [-0.2, 0) is 9.59 Å². The van der Waals surface area contributed by atoms with Gasteiger partial charge in [0.05, 0.1) is 6.54 Å². The first kappa shape index (κ1) is 16.9. The fourth-order valence-electron chi connectivity index (χ4n) is 1.47. The molecule has 1 aromatic rings. The summed E-state index contributed by atoms with van der Waals surface area (Å²) in [4.78, 5) is 38.6. The number of carbonyl (C=O) groups is 3. The molecule has 1 rings (SSSR count). The van der Waals surface area contributed by atoms with Crippen LogP contribution in [0.3, 0.4) is 0 Å². The van der Waals surface area contributed by atoms with E-state index in [4.69, 9.17) is 11.6 Å². The maximum atomic E-state index is 11.7. The molecule has 0 aliphatic rings. The van der Waals surface area contributed by atoms with E-state index in [2.05, 4.69) is 20.9 Å². The Labute approximate surface area is 127 Å². The number of nitrogens with zero attached hydrogens (tertiary/aromatic N) is 1. The molecule has 0 unspecified atom stereocenters. The van der Waals surface area contributed by atoms with E-state index in [0.717, 1.165) is 0 Å². The number of pyridine rings is 1. The Morgan fingerprint density at radius 2 is 2.05 bits per heavy atom. The van der Waals surface area contributed by atoms with Gasteiger partial charge in [-0.3, -0.25) is 19.4 Å². The molecule has 0 spiro atoms. The van der Waals surface area contributed by atoms with Crippen molar-refractivity contribution in [3.63, 3.8) is 0 Å². The predicted octanol–water partition coefficient (Wildman–Crippen LogP) is 0.106. The molecule has 21 heavy (non-hydrogen) atoms. The maximum absolute atomic E-state index is 11.7. The standard InChI is InChI=1S/C13H17ClN4O3/c1-3-15-12(20)8(2)18-11(19)7-17-13(21)10-6-9(14)4-5-16-10/h4-6,8H,3,7H2,1-2H3,(H,15,20)(H,17,21)(H,18,19)/t8-/m0/s1. The van der Waals surface area contributed by atoms with Crippen LogP contribution in [-0.4, -0.2) is 41.8 Å². The van der Waals surface area contributed by atoms with Crippen LogP contribution >= 0.6 is 11.6 Å². The molecule has 0 fully saturated rings. The molecule has 0 bridgehead atoms. The number of hydrogen-bond acceptors (Lipinski definition) is 4. The summed E-state index contributed by atoms with van der Waals surface area (Å²) >= 11 is 5.74. The number of halogens is 1. The highest BCUT2D eigenvalue weighted by atomic mass is 35.5. The lowest BCUT2D eigenvalue weighted by Crippen LogP contribution is -2.47. The average molecular weight is 313 g/mol. The number of amides is 3. The highest BCUT2D eigenvalue weighted by Gasteiger charge is 2.15. The summed E-state index contributed by atoms with van der Waals surface area (Å²) in [6.45, 7) is 3.57. The van der Waals surface area contributed by atoms with Crippen molar-refractivity contribution in [2.24, 2.45) is 0 Å². The van der Waals surface area contributed by atoms with Crippen LogP contribution in [0.15, 0.2) is 18.3 Å². The van der Waals surface area contributed by atoms with Gasteiger partial charge in [-0.2, -0.15) is 0 Å². The Morgan fingerprint density at radius 1 is 1.33 bits per heavy atom. The fraction of sp³-hybridized carbons (Fsp3) is 0.385. The Bertz CT molecular complexity index is 536.